The van der Waals surface area contributed by atoms with Gasteiger partial charge in [0.15, 0.2) is 0 Å². The Kier molecular flexibility index (Phi) is 7.87. The maximum absolute atomic E-state index is 12.6. The van der Waals surface area contributed by atoms with Crippen molar-refractivity contribution < 1.29 is 24.2 Å². The molecular weight excluding hydrogens is 460 g/mol. The number of aliphatic carboxylic acids is 1. The number of hydrogen-bond acceptors (Lipinski definition) is 6. The molecule has 0 unspecified atom stereocenters. The van der Waals surface area contributed by atoms with Crippen LogP contribution in [-0.4, -0.2) is 50.0 Å². The van der Waals surface area contributed by atoms with Crippen LogP contribution in [0.5, 0.6) is 5.75 Å². The highest BCUT2D eigenvalue weighted by atomic mass is 16.6. The molecule has 1 aliphatic rings. The molecule has 190 valence electrons. The summed E-state index contributed by atoms with van der Waals surface area (Å²) >= 11 is 0. The lowest BCUT2D eigenvalue weighted by Crippen LogP contribution is -2.29. The van der Waals surface area contributed by atoms with Crippen molar-refractivity contribution in [1.29, 1.82) is 0 Å². The van der Waals surface area contributed by atoms with Crippen LogP contribution in [0.15, 0.2) is 48.7 Å². The molecular formula is C27H32N4O5. The van der Waals surface area contributed by atoms with Crippen LogP contribution in [0.2, 0.25) is 0 Å². The summed E-state index contributed by atoms with van der Waals surface area (Å²) in [4.78, 5) is 30.2. The van der Waals surface area contributed by atoms with Crippen LogP contribution in [0.4, 0.5) is 4.79 Å². The fourth-order valence-corrected chi connectivity index (χ4v) is 4.49. The number of rotatable bonds is 8. The zero-order valence-corrected chi connectivity index (χ0v) is 20.9. The molecule has 36 heavy (non-hydrogen) atoms. The van der Waals surface area contributed by atoms with Crippen LogP contribution < -0.4 is 4.74 Å². The topological polar surface area (TPSA) is 107 Å². The number of carbonyl (C=O) groups excluding carboxylic acids is 1. The van der Waals surface area contributed by atoms with Crippen LogP contribution in [0.3, 0.4) is 0 Å². The molecule has 0 aliphatic heterocycles. The second-order valence-electron chi connectivity index (χ2n) is 9.25. The molecule has 1 fully saturated rings. The smallest absolute Gasteiger partial charge is 0.410 e. The first-order chi connectivity index (χ1) is 17.3. The second-order valence-corrected chi connectivity index (χ2v) is 9.25. The third-order valence-corrected chi connectivity index (χ3v) is 6.55. The number of carboxylic acids is 1. The molecule has 0 saturated heterocycles. The van der Waals surface area contributed by atoms with E-state index in [1.165, 1.54) is 4.90 Å². The van der Waals surface area contributed by atoms with Crippen LogP contribution in [-0.2, 0) is 29.7 Å². The van der Waals surface area contributed by atoms with Crippen molar-refractivity contribution >= 4 is 12.1 Å². The van der Waals surface area contributed by atoms with Crippen molar-refractivity contribution in [3.63, 3.8) is 0 Å². The van der Waals surface area contributed by atoms with Gasteiger partial charge in [0.25, 0.3) is 0 Å². The minimum Gasteiger partial charge on any atom is -0.489 e. The van der Waals surface area contributed by atoms with Gasteiger partial charge in [-0.2, -0.15) is 5.10 Å². The van der Waals surface area contributed by atoms with E-state index in [0.717, 1.165) is 29.7 Å². The molecule has 0 spiro atoms. The molecule has 3 aromatic rings. The highest BCUT2D eigenvalue weighted by Gasteiger charge is 2.28. The number of pyridine rings is 1. The first-order valence-electron chi connectivity index (χ1n) is 12.1. The van der Waals surface area contributed by atoms with Crippen molar-refractivity contribution in [1.82, 2.24) is 19.7 Å². The van der Waals surface area contributed by atoms with Gasteiger partial charge in [0.05, 0.1) is 35.3 Å². The first kappa shape index (κ1) is 25.2. The van der Waals surface area contributed by atoms with E-state index in [0.29, 0.717) is 36.5 Å². The van der Waals surface area contributed by atoms with Gasteiger partial charge in [-0.25, -0.2) is 9.78 Å². The lowest BCUT2D eigenvalue weighted by molar-refractivity contribution is -0.143. The van der Waals surface area contributed by atoms with E-state index < -0.39 is 12.1 Å². The number of nitrogens with zero attached hydrogens (tertiary/aromatic N) is 4. The molecule has 4 rings (SSSR count). The molecule has 9 nitrogen and oxygen atoms in total. The molecule has 2 atom stereocenters. The van der Waals surface area contributed by atoms with Crippen LogP contribution in [0, 0.1) is 12.8 Å². The van der Waals surface area contributed by atoms with Gasteiger partial charge in [-0.05, 0) is 50.3 Å². The molecule has 9 heteroatoms. The fourth-order valence-electron chi connectivity index (χ4n) is 4.49. The molecule has 0 radical (unpaired) electrons. The van der Waals surface area contributed by atoms with E-state index in [2.05, 4.69) is 5.10 Å². The maximum Gasteiger partial charge on any atom is 0.410 e. The Bertz CT molecular complexity index is 1210. The van der Waals surface area contributed by atoms with Crippen molar-refractivity contribution in [3.8, 4) is 17.0 Å². The summed E-state index contributed by atoms with van der Waals surface area (Å²) in [5.74, 6) is -0.470. The first-order valence-corrected chi connectivity index (χ1v) is 12.1. The lowest BCUT2D eigenvalue weighted by atomic mass is 9.87. The molecule has 1 aliphatic carbocycles. The van der Waals surface area contributed by atoms with Gasteiger partial charge in [-0.1, -0.05) is 30.3 Å². The Morgan fingerprint density at radius 3 is 2.67 bits per heavy atom. The van der Waals surface area contributed by atoms with Crippen molar-refractivity contribution in [2.24, 2.45) is 13.0 Å². The van der Waals surface area contributed by atoms with Gasteiger partial charge in [0.1, 0.15) is 12.4 Å². The minimum absolute atomic E-state index is 0.0570. The molecule has 1 amide bonds. The maximum atomic E-state index is 12.6. The van der Waals surface area contributed by atoms with E-state index in [1.807, 2.05) is 49.4 Å². The summed E-state index contributed by atoms with van der Waals surface area (Å²) in [6, 6.07) is 13.4. The van der Waals surface area contributed by atoms with Crippen molar-refractivity contribution in [3.05, 3.63) is 65.6 Å². The average molecular weight is 493 g/mol. The standard InChI is InChI=1S/C27H32N4O5/c1-18-25(36-21-11-7-10-20(14-21)26(32)33)13-12-23(29-18)22-15-28-31(3)24(22)17-35-27(34)30(2)16-19-8-5-4-6-9-19/h4-6,8-9,12-13,15,20-21H,7,10-11,14,16-17H2,1-3H3,(H,32,33)/t20-,21-/m0/s1. The van der Waals surface area contributed by atoms with E-state index in [-0.39, 0.29) is 18.6 Å². The number of carbonyl (C=O) groups is 2. The molecule has 0 bridgehead atoms. The van der Waals surface area contributed by atoms with E-state index in [1.54, 1.807) is 25.0 Å². The van der Waals surface area contributed by atoms with E-state index in [4.69, 9.17) is 14.5 Å². The molecule has 1 N–H and O–H groups in total. The molecule has 1 aromatic carbocycles. The Morgan fingerprint density at radius 2 is 1.94 bits per heavy atom. The highest BCUT2D eigenvalue weighted by Crippen LogP contribution is 2.31. The molecule has 2 aromatic heterocycles. The second kappa shape index (κ2) is 11.2. The largest absolute Gasteiger partial charge is 0.489 e. The number of amides is 1. The third-order valence-electron chi connectivity index (χ3n) is 6.55. The van der Waals surface area contributed by atoms with Crippen LogP contribution >= 0.6 is 0 Å². The Hall–Kier alpha value is -3.88. The summed E-state index contributed by atoms with van der Waals surface area (Å²) in [7, 11) is 3.50. The quantitative estimate of drug-likeness (QED) is 0.490. The Morgan fingerprint density at radius 1 is 1.17 bits per heavy atom. The monoisotopic (exact) mass is 492 g/mol. The zero-order chi connectivity index (χ0) is 25.7. The van der Waals surface area contributed by atoms with E-state index in [9.17, 15) is 14.7 Å². The van der Waals surface area contributed by atoms with Crippen molar-refractivity contribution in [2.45, 2.75) is 51.9 Å². The Balaban J connectivity index is 1.41. The normalized spacial score (nSPS) is 17.4. The number of carboxylic acid groups (broad SMARTS) is 1. The number of aromatic nitrogens is 3. The predicted octanol–water partition coefficient (Wildman–Crippen LogP) is 4.58. The van der Waals surface area contributed by atoms with Crippen LogP contribution in [0.25, 0.3) is 11.3 Å². The molecule has 1 saturated carbocycles. The SMILES string of the molecule is Cc1nc(-c2cnn(C)c2COC(=O)N(C)Cc2ccccc2)ccc1O[C@H]1CCC[C@H](C(=O)O)C1. The number of aryl methyl sites for hydroxylation is 2. The summed E-state index contributed by atoms with van der Waals surface area (Å²) in [6.45, 7) is 2.38. The fraction of sp³-hybridized carbons (Fsp3) is 0.407. The molecule has 2 heterocycles. The third kappa shape index (κ3) is 6.02. The summed E-state index contributed by atoms with van der Waals surface area (Å²) < 4.78 is 13.4. The van der Waals surface area contributed by atoms with Gasteiger partial charge in [-0.3, -0.25) is 9.48 Å². The van der Waals surface area contributed by atoms with Crippen LogP contribution in [0.1, 0.15) is 42.6 Å². The summed E-state index contributed by atoms with van der Waals surface area (Å²) in [5, 5.41) is 13.7. The van der Waals surface area contributed by atoms with Gasteiger partial charge in [0, 0.05) is 26.2 Å². The van der Waals surface area contributed by atoms with Gasteiger partial charge < -0.3 is 19.5 Å². The number of hydrogen-bond donors (Lipinski definition) is 1. The zero-order valence-electron chi connectivity index (χ0n) is 20.9. The van der Waals surface area contributed by atoms with Gasteiger partial charge in [0.2, 0.25) is 0 Å². The summed E-state index contributed by atoms with van der Waals surface area (Å²) in [6.07, 6.45) is 4.03. The average Bonchev–Trinajstić information content (AvgIpc) is 3.24. The highest BCUT2D eigenvalue weighted by molar-refractivity contribution is 5.70. The predicted molar refractivity (Wildman–Crippen MR) is 133 cm³/mol. The lowest BCUT2D eigenvalue weighted by Gasteiger charge is -2.27. The minimum atomic E-state index is -0.760. The van der Waals surface area contributed by atoms with Gasteiger partial charge in [-0.15, -0.1) is 0 Å². The van der Waals surface area contributed by atoms with E-state index >= 15 is 0 Å². The number of benzene rings is 1. The van der Waals surface area contributed by atoms with Crippen molar-refractivity contribution in [2.75, 3.05) is 7.05 Å². The summed E-state index contributed by atoms with van der Waals surface area (Å²) in [5.41, 5.74) is 3.93. The van der Waals surface area contributed by atoms with Gasteiger partial charge >= 0.3 is 12.1 Å². The Labute approximate surface area is 210 Å². The number of ether oxygens (including phenoxy) is 2.